The first-order valence-corrected chi connectivity index (χ1v) is 5.69. The molecule has 3 heteroatoms. The van der Waals surface area contributed by atoms with Gasteiger partial charge in [-0.15, -0.1) is 6.58 Å². The van der Waals surface area contributed by atoms with E-state index >= 15 is 0 Å². The Hall–Kier alpha value is -0.960. The van der Waals surface area contributed by atoms with Crippen molar-refractivity contribution in [1.82, 2.24) is 0 Å². The average molecular weight is 269 g/mol. The van der Waals surface area contributed by atoms with E-state index in [9.17, 15) is 0 Å². The molecule has 0 aromatic heterocycles. The second kappa shape index (κ2) is 4.27. The van der Waals surface area contributed by atoms with Gasteiger partial charge in [-0.25, -0.2) is 0 Å². The van der Waals surface area contributed by atoms with Crippen LogP contribution < -0.4 is 9.47 Å². The topological polar surface area (TPSA) is 18.5 Å². The number of ether oxygens (including phenoxy) is 2. The number of allylic oxidation sites excluding steroid dienone is 1. The lowest BCUT2D eigenvalue weighted by atomic mass is 10.0. The highest BCUT2D eigenvalue weighted by Gasteiger charge is 2.22. The Labute approximate surface area is 98.0 Å². The zero-order valence-electron chi connectivity index (χ0n) is 8.68. The summed E-state index contributed by atoms with van der Waals surface area (Å²) in [7, 11) is 1.68. The van der Waals surface area contributed by atoms with Gasteiger partial charge in [-0.2, -0.15) is 0 Å². The van der Waals surface area contributed by atoms with Crippen molar-refractivity contribution in [2.45, 2.75) is 12.8 Å². The predicted molar refractivity (Wildman–Crippen MR) is 63.8 cm³/mol. The summed E-state index contributed by atoms with van der Waals surface area (Å²) in [6.45, 7) is 4.51. The van der Waals surface area contributed by atoms with Crippen LogP contribution in [0.25, 0.3) is 0 Å². The third-order valence-corrected chi connectivity index (χ3v) is 3.27. The lowest BCUT2D eigenvalue weighted by Crippen LogP contribution is -1.96. The van der Waals surface area contributed by atoms with Gasteiger partial charge in [-0.3, -0.25) is 0 Å². The zero-order valence-corrected chi connectivity index (χ0v) is 10.3. The summed E-state index contributed by atoms with van der Waals surface area (Å²) in [4.78, 5) is 0. The number of benzene rings is 1. The summed E-state index contributed by atoms with van der Waals surface area (Å²) in [5.41, 5.74) is 2.34. The van der Waals surface area contributed by atoms with Crippen LogP contribution in [0.1, 0.15) is 11.1 Å². The van der Waals surface area contributed by atoms with Crippen molar-refractivity contribution in [2.24, 2.45) is 0 Å². The first-order chi connectivity index (χ1) is 7.27. The second-order valence-corrected chi connectivity index (χ2v) is 4.29. The van der Waals surface area contributed by atoms with E-state index in [1.807, 2.05) is 12.1 Å². The second-order valence-electron chi connectivity index (χ2n) is 3.44. The molecule has 0 spiro atoms. The highest BCUT2D eigenvalue weighted by atomic mass is 79.9. The average Bonchev–Trinajstić information content (AvgIpc) is 2.71. The summed E-state index contributed by atoms with van der Waals surface area (Å²) >= 11 is 3.54. The number of hydrogen-bond donors (Lipinski definition) is 0. The third kappa shape index (κ3) is 1.76. The fraction of sp³-hybridized carbons (Fsp3) is 0.333. The van der Waals surface area contributed by atoms with Crippen LogP contribution in [0.2, 0.25) is 0 Å². The van der Waals surface area contributed by atoms with E-state index < -0.39 is 0 Å². The molecule has 0 atom stereocenters. The molecule has 1 aliphatic rings. The molecule has 1 aliphatic heterocycles. The lowest BCUT2D eigenvalue weighted by Gasteiger charge is -2.12. The van der Waals surface area contributed by atoms with Gasteiger partial charge in [0.15, 0.2) is 0 Å². The molecule has 0 radical (unpaired) electrons. The summed E-state index contributed by atoms with van der Waals surface area (Å²) in [6.07, 6.45) is 3.61. The molecule has 1 aromatic rings. The first-order valence-electron chi connectivity index (χ1n) is 4.90. The summed E-state index contributed by atoms with van der Waals surface area (Å²) in [5, 5.41) is 0. The highest BCUT2D eigenvalue weighted by molar-refractivity contribution is 9.10. The molecule has 0 aliphatic carbocycles. The smallest absolute Gasteiger partial charge is 0.130 e. The highest BCUT2D eigenvalue weighted by Crippen LogP contribution is 2.41. The first kappa shape index (κ1) is 10.6. The number of hydrogen-bond acceptors (Lipinski definition) is 2. The van der Waals surface area contributed by atoms with Crippen molar-refractivity contribution in [2.75, 3.05) is 13.7 Å². The Morgan fingerprint density at radius 1 is 1.67 bits per heavy atom. The fourth-order valence-electron chi connectivity index (χ4n) is 1.87. The van der Waals surface area contributed by atoms with Crippen LogP contribution in [0.4, 0.5) is 0 Å². The van der Waals surface area contributed by atoms with E-state index in [1.54, 1.807) is 7.11 Å². The molecular weight excluding hydrogens is 256 g/mol. The number of rotatable bonds is 3. The standard InChI is InChI=1S/C12H13BrO2/c1-3-4-9-11(14-2)7-10(13)8-5-6-15-12(8)9/h3,7H,1,4-6H2,2H3. The van der Waals surface area contributed by atoms with Crippen LogP contribution in [-0.4, -0.2) is 13.7 Å². The maximum absolute atomic E-state index is 5.65. The molecule has 0 saturated carbocycles. The Morgan fingerprint density at radius 2 is 2.47 bits per heavy atom. The lowest BCUT2D eigenvalue weighted by molar-refractivity contribution is 0.348. The van der Waals surface area contributed by atoms with Gasteiger partial charge in [0, 0.05) is 22.0 Å². The van der Waals surface area contributed by atoms with Gasteiger partial charge in [-0.1, -0.05) is 22.0 Å². The maximum Gasteiger partial charge on any atom is 0.130 e. The molecular formula is C12H13BrO2. The Morgan fingerprint density at radius 3 is 3.13 bits per heavy atom. The fourth-order valence-corrected chi connectivity index (χ4v) is 2.46. The molecule has 2 rings (SSSR count). The molecule has 0 saturated heterocycles. The quantitative estimate of drug-likeness (QED) is 0.785. The van der Waals surface area contributed by atoms with Crippen LogP contribution in [0.5, 0.6) is 11.5 Å². The maximum atomic E-state index is 5.65. The number of halogens is 1. The van der Waals surface area contributed by atoms with Crippen molar-refractivity contribution in [1.29, 1.82) is 0 Å². The molecule has 0 amide bonds. The zero-order chi connectivity index (χ0) is 10.8. The molecule has 1 aromatic carbocycles. The Kier molecular flexibility index (Phi) is 3.00. The van der Waals surface area contributed by atoms with E-state index in [0.29, 0.717) is 0 Å². The van der Waals surface area contributed by atoms with Gasteiger partial charge in [0.2, 0.25) is 0 Å². The normalized spacial score (nSPS) is 13.2. The minimum absolute atomic E-state index is 0.755. The van der Waals surface area contributed by atoms with Crippen molar-refractivity contribution in [3.8, 4) is 11.5 Å². The SMILES string of the molecule is C=CCc1c(OC)cc(Br)c2c1OCC2. The van der Waals surface area contributed by atoms with Crippen molar-refractivity contribution >= 4 is 15.9 Å². The van der Waals surface area contributed by atoms with Crippen LogP contribution in [0, 0.1) is 0 Å². The molecule has 0 N–H and O–H groups in total. The summed E-state index contributed by atoms with van der Waals surface area (Å²) < 4.78 is 12.1. The van der Waals surface area contributed by atoms with E-state index in [1.165, 1.54) is 5.56 Å². The van der Waals surface area contributed by atoms with Gasteiger partial charge in [0.05, 0.1) is 13.7 Å². The van der Waals surface area contributed by atoms with Crippen molar-refractivity contribution < 1.29 is 9.47 Å². The molecule has 2 nitrogen and oxygen atoms in total. The minimum Gasteiger partial charge on any atom is -0.496 e. The molecule has 80 valence electrons. The van der Waals surface area contributed by atoms with E-state index in [4.69, 9.17) is 9.47 Å². The van der Waals surface area contributed by atoms with Crippen LogP contribution >= 0.6 is 15.9 Å². The predicted octanol–water partition coefficient (Wildman–Crippen LogP) is 3.12. The van der Waals surface area contributed by atoms with Gasteiger partial charge >= 0.3 is 0 Å². The minimum atomic E-state index is 0.755. The molecule has 0 fully saturated rings. The number of methoxy groups -OCH3 is 1. The van der Waals surface area contributed by atoms with Gasteiger partial charge < -0.3 is 9.47 Å². The third-order valence-electron chi connectivity index (χ3n) is 2.56. The molecule has 0 bridgehead atoms. The van der Waals surface area contributed by atoms with Gasteiger partial charge in [0.1, 0.15) is 11.5 Å². The van der Waals surface area contributed by atoms with Gasteiger partial charge in [0.25, 0.3) is 0 Å². The van der Waals surface area contributed by atoms with E-state index in [-0.39, 0.29) is 0 Å². The van der Waals surface area contributed by atoms with E-state index in [0.717, 1.165) is 41.0 Å². The molecule has 15 heavy (non-hydrogen) atoms. The van der Waals surface area contributed by atoms with Crippen LogP contribution in [0.15, 0.2) is 23.2 Å². The van der Waals surface area contributed by atoms with Crippen LogP contribution in [0.3, 0.4) is 0 Å². The summed E-state index contributed by atoms with van der Waals surface area (Å²) in [5.74, 6) is 1.84. The molecule has 1 heterocycles. The largest absolute Gasteiger partial charge is 0.496 e. The van der Waals surface area contributed by atoms with Crippen molar-refractivity contribution in [3.63, 3.8) is 0 Å². The van der Waals surface area contributed by atoms with E-state index in [2.05, 4.69) is 22.5 Å². The monoisotopic (exact) mass is 268 g/mol. The summed E-state index contributed by atoms with van der Waals surface area (Å²) in [6, 6.07) is 2.01. The Bertz CT molecular complexity index is 399. The van der Waals surface area contributed by atoms with Crippen LogP contribution in [-0.2, 0) is 12.8 Å². The number of fused-ring (bicyclic) bond motifs is 1. The van der Waals surface area contributed by atoms with Crippen molar-refractivity contribution in [3.05, 3.63) is 34.3 Å². The Balaban J connectivity index is 2.58. The van der Waals surface area contributed by atoms with Gasteiger partial charge in [-0.05, 0) is 12.5 Å². The molecule has 0 unspecified atom stereocenters.